The Morgan fingerprint density at radius 1 is 1.42 bits per heavy atom. The fraction of sp³-hybridized carbons (Fsp3) is 0.429. The van der Waals surface area contributed by atoms with Crippen molar-refractivity contribution in [1.82, 2.24) is 19.7 Å². The molecule has 0 amide bonds. The van der Waals surface area contributed by atoms with Crippen molar-refractivity contribution in [3.63, 3.8) is 0 Å². The predicted molar refractivity (Wildman–Crippen MR) is 86.3 cm³/mol. The molecule has 140 valence electrons. The first-order chi connectivity index (χ1) is 12.1. The molecule has 0 spiro atoms. The van der Waals surface area contributed by atoms with Gasteiger partial charge in [0.15, 0.2) is 10.7 Å². The lowest BCUT2D eigenvalue weighted by Gasteiger charge is -2.19. The van der Waals surface area contributed by atoms with E-state index < -0.39 is 23.2 Å². The Morgan fingerprint density at radius 2 is 2.15 bits per heavy atom. The number of cyclic esters (lactones) is 1. The van der Waals surface area contributed by atoms with E-state index in [2.05, 4.69) is 25.7 Å². The number of halogens is 4. The zero-order valence-corrected chi connectivity index (χ0v) is 14.4. The molecule has 0 bridgehead atoms. The Labute approximate surface area is 150 Å². The van der Waals surface area contributed by atoms with Gasteiger partial charge >= 0.3 is 12.1 Å². The van der Waals surface area contributed by atoms with Crippen molar-refractivity contribution in [3.8, 4) is 0 Å². The number of aromatic nitrogens is 4. The monoisotopic (exact) mass is 390 g/mol. The lowest BCUT2D eigenvalue weighted by atomic mass is 10.0. The Balaban J connectivity index is 1.89. The number of rotatable bonds is 4. The van der Waals surface area contributed by atoms with Gasteiger partial charge in [0.05, 0.1) is 18.5 Å². The number of alkyl halides is 3. The molecule has 8 nitrogen and oxygen atoms in total. The van der Waals surface area contributed by atoms with Crippen molar-refractivity contribution in [2.24, 2.45) is 0 Å². The van der Waals surface area contributed by atoms with Crippen LogP contribution in [0.25, 0.3) is 0 Å². The number of nitrogens with one attached hydrogen (secondary N) is 2. The Hall–Kier alpha value is -2.56. The van der Waals surface area contributed by atoms with Crippen LogP contribution in [0.4, 0.5) is 30.6 Å². The van der Waals surface area contributed by atoms with Crippen molar-refractivity contribution < 1.29 is 22.7 Å². The zero-order chi connectivity index (χ0) is 19.1. The summed E-state index contributed by atoms with van der Waals surface area (Å²) in [6, 6.07) is 0. The number of carbonyl (C=O) groups excluding carboxylic acids is 1. The molecular formula is C14H14ClF3N6O2. The minimum absolute atomic E-state index is 0.0143. The van der Waals surface area contributed by atoms with Crippen LogP contribution in [0.15, 0.2) is 12.4 Å². The molecule has 2 N–H and O–H groups in total. The fourth-order valence-corrected chi connectivity index (χ4v) is 2.64. The molecule has 2 aromatic heterocycles. The van der Waals surface area contributed by atoms with E-state index in [9.17, 15) is 18.0 Å². The molecule has 0 saturated carbocycles. The van der Waals surface area contributed by atoms with E-state index in [4.69, 9.17) is 16.3 Å². The van der Waals surface area contributed by atoms with Gasteiger partial charge in [0.1, 0.15) is 11.4 Å². The maximum atomic E-state index is 12.9. The Bertz CT molecular complexity index is 856. The SMILES string of the molecule is CNc1nc(Nc2cn(C3(C)CCOC3=O)nc2Cl)ncc1C(F)(F)F. The van der Waals surface area contributed by atoms with Crippen molar-refractivity contribution in [3.05, 3.63) is 23.1 Å². The average molecular weight is 391 g/mol. The third-order valence-corrected chi connectivity index (χ3v) is 4.29. The van der Waals surface area contributed by atoms with Gasteiger partial charge in [-0.05, 0) is 6.92 Å². The summed E-state index contributed by atoms with van der Waals surface area (Å²) < 4.78 is 45.0. The molecule has 12 heteroatoms. The molecule has 1 saturated heterocycles. The molecular weight excluding hydrogens is 377 g/mol. The van der Waals surface area contributed by atoms with Crippen molar-refractivity contribution >= 4 is 35.0 Å². The van der Waals surface area contributed by atoms with Gasteiger partial charge in [0, 0.05) is 19.7 Å². The highest BCUT2D eigenvalue weighted by Crippen LogP contribution is 2.35. The van der Waals surface area contributed by atoms with Gasteiger partial charge in [-0.15, -0.1) is 0 Å². The molecule has 26 heavy (non-hydrogen) atoms. The van der Waals surface area contributed by atoms with Crippen LogP contribution >= 0.6 is 11.6 Å². The lowest BCUT2D eigenvalue weighted by molar-refractivity contribution is -0.145. The Morgan fingerprint density at radius 3 is 2.73 bits per heavy atom. The standard InChI is InChI=1S/C14H14ClF3N6O2/c1-13(3-4-26-11(13)25)24-6-8(9(15)23-24)21-12-20-5-7(14(16,17)18)10(19-2)22-12/h5-6H,3-4H2,1-2H3,(H2,19,20,21,22). The van der Waals surface area contributed by atoms with E-state index in [1.54, 1.807) is 6.92 Å². The van der Waals surface area contributed by atoms with Crippen molar-refractivity contribution in [2.75, 3.05) is 24.3 Å². The maximum Gasteiger partial charge on any atom is 0.421 e. The second kappa shape index (κ2) is 6.31. The van der Waals surface area contributed by atoms with Crippen LogP contribution in [0.2, 0.25) is 5.15 Å². The average Bonchev–Trinajstić information content (AvgIpc) is 3.10. The van der Waals surface area contributed by atoms with Gasteiger partial charge in [0.2, 0.25) is 5.95 Å². The number of anilines is 3. The van der Waals surface area contributed by atoms with E-state index in [1.165, 1.54) is 17.9 Å². The highest BCUT2D eigenvalue weighted by molar-refractivity contribution is 6.32. The minimum Gasteiger partial charge on any atom is -0.464 e. The van der Waals surface area contributed by atoms with E-state index in [1.807, 2.05) is 0 Å². The number of nitrogens with zero attached hydrogens (tertiary/aromatic N) is 4. The summed E-state index contributed by atoms with van der Waals surface area (Å²) in [5.41, 5.74) is -1.75. The van der Waals surface area contributed by atoms with Gasteiger partial charge in [-0.25, -0.2) is 9.78 Å². The third kappa shape index (κ3) is 3.14. The van der Waals surface area contributed by atoms with Gasteiger partial charge in [0.25, 0.3) is 0 Å². The summed E-state index contributed by atoms with van der Waals surface area (Å²) in [7, 11) is 1.32. The highest BCUT2D eigenvalue weighted by Gasteiger charge is 2.43. The van der Waals surface area contributed by atoms with Crippen LogP contribution < -0.4 is 10.6 Å². The molecule has 1 unspecified atom stereocenters. The molecule has 0 aliphatic carbocycles. The van der Waals surface area contributed by atoms with E-state index in [0.29, 0.717) is 12.6 Å². The molecule has 3 heterocycles. The summed E-state index contributed by atoms with van der Waals surface area (Å²) >= 11 is 6.06. The lowest BCUT2D eigenvalue weighted by Crippen LogP contribution is -2.35. The largest absolute Gasteiger partial charge is 0.464 e. The van der Waals surface area contributed by atoms with Crippen LogP contribution in [0, 0.1) is 0 Å². The summed E-state index contributed by atoms with van der Waals surface area (Å²) in [4.78, 5) is 19.4. The van der Waals surface area contributed by atoms with E-state index in [-0.39, 0.29) is 29.2 Å². The van der Waals surface area contributed by atoms with Gasteiger partial charge in [-0.2, -0.15) is 23.3 Å². The first-order valence-electron chi connectivity index (χ1n) is 7.47. The quantitative estimate of drug-likeness (QED) is 0.775. The van der Waals surface area contributed by atoms with E-state index >= 15 is 0 Å². The summed E-state index contributed by atoms with van der Waals surface area (Å²) in [6.45, 7) is 1.92. The number of ether oxygens (including phenoxy) is 1. The van der Waals surface area contributed by atoms with Crippen LogP contribution in [-0.4, -0.2) is 39.4 Å². The third-order valence-electron chi connectivity index (χ3n) is 4.01. The highest BCUT2D eigenvalue weighted by atomic mass is 35.5. The molecule has 1 atom stereocenters. The van der Waals surface area contributed by atoms with Gasteiger partial charge < -0.3 is 15.4 Å². The molecule has 2 aromatic rings. The second-order valence-corrected chi connectivity index (χ2v) is 6.12. The van der Waals surface area contributed by atoms with Crippen LogP contribution in [0.1, 0.15) is 18.9 Å². The summed E-state index contributed by atoms with van der Waals surface area (Å²) in [5.74, 6) is -0.931. The van der Waals surface area contributed by atoms with Crippen molar-refractivity contribution in [1.29, 1.82) is 0 Å². The van der Waals surface area contributed by atoms with Gasteiger partial charge in [-0.3, -0.25) is 4.68 Å². The first kappa shape index (κ1) is 18.2. The number of carbonyl (C=O) groups is 1. The number of esters is 1. The molecule has 0 aromatic carbocycles. The predicted octanol–water partition coefficient (Wildman–Crippen LogP) is 2.79. The molecule has 0 radical (unpaired) electrons. The maximum absolute atomic E-state index is 12.9. The van der Waals surface area contributed by atoms with Crippen molar-refractivity contribution in [2.45, 2.75) is 25.1 Å². The molecule has 1 aliphatic heterocycles. The van der Waals surface area contributed by atoms with Crippen LogP contribution in [-0.2, 0) is 21.2 Å². The summed E-state index contributed by atoms with van der Waals surface area (Å²) in [6.07, 6.45) is -2.05. The first-order valence-corrected chi connectivity index (χ1v) is 7.85. The molecule has 1 fully saturated rings. The zero-order valence-electron chi connectivity index (χ0n) is 13.7. The van der Waals surface area contributed by atoms with Crippen LogP contribution in [0.3, 0.4) is 0 Å². The number of hydrogen-bond donors (Lipinski definition) is 2. The Kier molecular flexibility index (Phi) is 4.42. The van der Waals surface area contributed by atoms with Crippen LogP contribution in [0.5, 0.6) is 0 Å². The minimum atomic E-state index is -4.59. The molecule has 3 rings (SSSR count). The van der Waals surface area contributed by atoms with E-state index in [0.717, 1.165) is 0 Å². The summed E-state index contributed by atoms with van der Waals surface area (Å²) in [5, 5.41) is 9.18. The number of hydrogen-bond acceptors (Lipinski definition) is 7. The smallest absolute Gasteiger partial charge is 0.421 e. The fourth-order valence-electron chi connectivity index (χ4n) is 2.46. The molecule has 1 aliphatic rings. The normalized spacial score (nSPS) is 20.2. The second-order valence-electron chi connectivity index (χ2n) is 5.77. The van der Waals surface area contributed by atoms with Gasteiger partial charge in [-0.1, -0.05) is 11.6 Å². The topological polar surface area (TPSA) is 94.0 Å².